The number of benzene rings is 1. The van der Waals surface area contributed by atoms with Crippen LogP contribution in [-0.2, 0) is 6.54 Å². The van der Waals surface area contributed by atoms with E-state index in [1.807, 2.05) is 43.5 Å². The van der Waals surface area contributed by atoms with Gasteiger partial charge in [0.25, 0.3) is 0 Å². The van der Waals surface area contributed by atoms with Crippen molar-refractivity contribution in [1.29, 1.82) is 0 Å². The molecule has 118 valence electrons. The van der Waals surface area contributed by atoms with Crippen LogP contribution < -0.4 is 4.90 Å². The molecule has 4 rings (SSSR count). The van der Waals surface area contributed by atoms with Crippen molar-refractivity contribution in [3.8, 4) is 0 Å². The summed E-state index contributed by atoms with van der Waals surface area (Å²) in [7, 11) is 0. The minimum Gasteiger partial charge on any atom is -0.361 e. The number of hydrogen-bond donors (Lipinski definition) is 0. The molecule has 0 amide bonds. The second kappa shape index (κ2) is 5.96. The molecule has 0 bridgehead atoms. The third kappa shape index (κ3) is 3.03. The lowest BCUT2D eigenvalue weighted by atomic mass is 10.2. The van der Waals surface area contributed by atoms with Crippen molar-refractivity contribution in [2.45, 2.75) is 13.5 Å². The van der Waals surface area contributed by atoms with Gasteiger partial charge in [0.05, 0.1) is 22.9 Å². The topological polar surface area (TPSA) is 58.3 Å². The molecule has 0 spiro atoms. The maximum absolute atomic E-state index is 5.13. The third-order valence-corrected chi connectivity index (χ3v) is 4.19. The first kappa shape index (κ1) is 14.1. The van der Waals surface area contributed by atoms with Crippen molar-refractivity contribution < 1.29 is 4.52 Å². The summed E-state index contributed by atoms with van der Waals surface area (Å²) in [5.41, 5.74) is 2.89. The molecule has 1 fully saturated rings. The summed E-state index contributed by atoms with van der Waals surface area (Å²) in [4.78, 5) is 13.9. The van der Waals surface area contributed by atoms with Crippen LogP contribution in [0.4, 0.5) is 5.82 Å². The van der Waals surface area contributed by atoms with Gasteiger partial charge in [0.15, 0.2) is 0 Å². The Kier molecular flexibility index (Phi) is 3.67. The van der Waals surface area contributed by atoms with Gasteiger partial charge >= 0.3 is 0 Å². The zero-order chi connectivity index (χ0) is 15.6. The van der Waals surface area contributed by atoms with Gasteiger partial charge in [0, 0.05) is 38.8 Å². The highest BCUT2D eigenvalue weighted by molar-refractivity contribution is 5.75. The van der Waals surface area contributed by atoms with E-state index >= 15 is 0 Å². The second-order valence-electron chi connectivity index (χ2n) is 5.91. The number of hydrogen-bond acceptors (Lipinski definition) is 6. The van der Waals surface area contributed by atoms with Crippen molar-refractivity contribution in [2.75, 3.05) is 31.1 Å². The number of aryl methyl sites for hydroxylation is 1. The van der Waals surface area contributed by atoms with Gasteiger partial charge < -0.3 is 9.42 Å². The van der Waals surface area contributed by atoms with Crippen molar-refractivity contribution in [3.63, 3.8) is 0 Å². The van der Waals surface area contributed by atoms with E-state index in [4.69, 9.17) is 9.51 Å². The van der Waals surface area contributed by atoms with Crippen LogP contribution in [0, 0.1) is 6.92 Å². The molecule has 3 aromatic rings. The molecule has 0 radical (unpaired) electrons. The maximum Gasteiger partial charge on any atom is 0.147 e. The number of para-hydroxylation sites is 2. The van der Waals surface area contributed by atoms with E-state index in [-0.39, 0.29) is 0 Å². The van der Waals surface area contributed by atoms with Gasteiger partial charge in [0.2, 0.25) is 0 Å². The van der Waals surface area contributed by atoms with Crippen LogP contribution >= 0.6 is 0 Å². The van der Waals surface area contributed by atoms with Crippen LogP contribution in [0.1, 0.15) is 11.5 Å². The highest BCUT2D eigenvalue weighted by Crippen LogP contribution is 2.17. The number of piperazine rings is 1. The summed E-state index contributed by atoms with van der Waals surface area (Å²) in [6.45, 7) is 6.63. The lowest BCUT2D eigenvalue weighted by Crippen LogP contribution is -2.46. The van der Waals surface area contributed by atoms with E-state index in [1.54, 1.807) is 0 Å². The fourth-order valence-corrected chi connectivity index (χ4v) is 2.96. The molecule has 1 aliphatic heterocycles. The van der Waals surface area contributed by atoms with E-state index in [0.29, 0.717) is 0 Å². The van der Waals surface area contributed by atoms with E-state index in [9.17, 15) is 0 Å². The van der Waals surface area contributed by atoms with Gasteiger partial charge in [-0.15, -0.1) is 0 Å². The average Bonchev–Trinajstić information content (AvgIpc) is 3.00. The minimum absolute atomic E-state index is 0.842. The monoisotopic (exact) mass is 309 g/mol. The van der Waals surface area contributed by atoms with Crippen LogP contribution in [0.5, 0.6) is 0 Å². The van der Waals surface area contributed by atoms with Crippen LogP contribution in [0.25, 0.3) is 11.0 Å². The molecule has 0 aliphatic carbocycles. The van der Waals surface area contributed by atoms with Crippen LogP contribution in [0.2, 0.25) is 0 Å². The predicted molar refractivity (Wildman–Crippen MR) is 88.3 cm³/mol. The molecule has 1 saturated heterocycles. The summed E-state index contributed by atoms with van der Waals surface area (Å²) < 4.78 is 5.13. The van der Waals surface area contributed by atoms with E-state index in [1.165, 1.54) is 0 Å². The number of aromatic nitrogens is 3. The van der Waals surface area contributed by atoms with Crippen LogP contribution in [0.15, 0.2) is 41.1 Å². The SMILES string of the molecule is Cc1cc(CN2CCN(c3cnc4ccccc4n3)CC2)no1. The van der Waals surface area contributed by atoms with Gasteiger partial charge in [-0.1, -0.05) is 17.3 Å². The van der Waals surface area contributed by atoms with Gasteiger partial charge in [-0.2, -0.15) is 0 Å². The molecule has 6 heteroatoms. The number of nitrogens with zero attached hydrogens (tertiary/aromatic N) is 5. The summed E-state index contributed by atoms with van der Waals surface area (Å²) in [5, 5.41) is 4.07. The Hall–Kier alpha value is -2.47. The number of fused-ring (bicyclic) bond motifs is 1. The van der Waals surface area contributed by atoms with E-state index in [2.05, 4.69) is 19.9 Å². The van der Waals surface area contributed by atoms with Gasteiger partial charge in [0.1, 0.15) is 11.6 Å². The molecule has 0 saturated carbocycles. The molecule has 0 N–H and O–H groups in total. The maximum atomic E-state index is 5.13. The first-order chi connectivity index (χ1) is 11.3. The van der Waals surface area contributed by atoms with E-state index in [0.717, 1.165) is 61.0 Å². The number of anilines is 1. The normalized spacial score (nSPS) is 16.1. The quantitative estimate of drug-likeness (QED) is 0.739. The summed E-state index contributed by atoms with van der Waals surface area (Å²) in [6, 6.07) is 9.99. The molecular weight excluding hydrogens is 290 g/mol. The lowest BCUT2D eigenvalue weighted by molar-refractivity contribution is 0.241. The Morgan fingerprint density at radius 3 is 2.61 bits per heavy atom. The first-order valence-electron chi connectivity index (χ1n) is 7.89. The molecule has 1 aromatic carbocycles. The molecular formula is C17H19N5O. The van der Waals surface area contributed by atoms with Gasteiger partial charge in [-0.05, 0) is 19.1 Å². The van der Waals surface area contributed by atoms with Crippen molar-refractivity contribution in [2.24, 2.45) is 0 Å². The Morgan fingerprint density at radius 2 is 1.87 bits per heavy atom. The van der Waals surface area contributed by atoms with Crippen molar-refractivity contribution >= 4 is 16.9 Å². The Morgan fingerprint density at radius 1 is 1.09 bits per heavy atom. The average molecular weight is 309 g/mol. The fourth-order valence-electron chi connectivity index (χ4n) is 2.96. The standard InChI is InChI=1S/C17H19N5O/c1-13-10-14(20-23-13)12-21-6-8-22(9-7-21)17-11-18-15-4-2-3-5-16(15)19-17/h2-5,10-11H,6-9,12H2,1H3. The Balaban J connectivity index is 1.42. The highest BCUT2D eigenvalue weighted by Gasteiger charge is 2.19. The molecule has 1 aliphatic rings. The molecule has 3 heterocycles. The number of rotatable bonds is 3. The highest BCUT2D eigenvalue weighted by atomic mass is 16.5. The second-order valence-corrected chi connectivity index (χ2v) is 5.91. The molecule has 2 aromatic heterocycles. The summed E-state index contributed by atoms with van der Waals surface area (Å²) in [5.74, 6) is 1.82. The lowest BCUT2D eigenvalue weighted by Gasteiger charge is -2.34. The molecule has 23 heavy (non-hydrogen) atoms. The third-order valence-electron chi connectivity index (χ3n) is 4.19. The smallest absolute Gasteiger partial charge is 0.147 e. The minimum atomic E-state index is 0.842. The van der Waals surface area contributed by atoms with Crippen LogP contribution in [0.3, 0.4) is 0 Å². The van der Waals surface area contributed by atoms with E-state index < -0.39 is 0 Å². The van der Waals surface area contributed by atoms with Crippen molar-refractivity contribution in [3.05, 3.63) is 48.0 Å². The largest absolute Gasteiger partial charge is 0.361 e. The molecule has 0 atom stereocenters. The Labute approximate surface area is 134 Å². The van der Waals surface area contributed by atoms with Crippen molar-refractivity contribution in [1.82, 2.24) is 20.0 Å². The molecule has 6 nitrogen and oxygen atoms in total. The zero-order valence-electron chi connectivity index (χ0n) is 13.1. The van der Waals surface area contributed by atoms with Gasteiger partial charge in [-0.25, -0.2) is 4.98 Å². The molecule has 0 unspecified atom stereocenters. The summed E-state index contributed by atoms with van der Waals surface area (Å²) in [6.07, 6.45) is 1.87. The fraction of sp³-hybridized carbons (Fsp3) is 0.353. The first-order valence-corrected chi connectivity index (χ1v) is 7.89. The predicted octanol–water partition coefficient (Wildman–Crippen LogP) is 2.25. The van der Waals surface area contributed by atoms with Crippen LogP contribution in [-0.4, -0.2) is 46.2 Å². The van der Waals surface area contributed by atoms with Gasteiger partial charge in [-0.3, -0.25) is 9.88 Å². The zero-order valence-corrected chi connectivity index (χ0v) is 13.1. The summed E-state index contributed by atoms with van der Waals surface area (Å²) >= 11 is 0. The Bertz CT molecular complexity index is 807.